The van der Waals surface area contributed by atoms with Gasteiger partial charge in [0.1, 0.15) is 6.54 Å². The van der Waals surface area contributed by atoms with E-state index in [0.29, 0.717) is 19.0 Å². The number of rotatable bonds is 6. The average Bonchev–Trinajstić information content (AvgIpc) is 2.87. The van der Waals surface area contributed by atoms with Gasteiger partial charge in [0.05, 0.1) is 0 Å². The second-order valence-electron chi connectivity index (χ2n) is 8.00. The van der Waals surface area contributed by atoms with Crippen molar-refractivity contribution in [1.82, 2.24) is 14.7 Å². The molecule has 2 saturated heterocycles. The van der Waals surface area contributed by atoms with E-state index in [-0.39, 0.29) is 24.9 Å². The van der Waals surface area contributed by atoms with Crippen LogP contribution < -0.4 is 0 Å². The minimum Gasteiger partial charge on any atom is -0.341 e. The lowest BCUT2D eigenvalue weighted by Gasteiger charge is -2.32. The summed E-state index contributed by atoms with van der Waals surface area (Å²) in [5, 5.41) is 0. The molecule has 0 radical (unpaired) electrons. The van der Waals surface area contributed by atoms with Crippen LogP contribution in [0.3, 0.4) is 0 Å². The summed E-state index contributed by atoms with van der Waals surface area (Å²) in [6.45, 7) is 4.75. The maximum absolute atomic E-state index is 12.6. The van der Waals surface area contributed by atoms with E-state index in [9.17, 15) is 19.2 Å². The Morgan fingerprint density at radius 3 is 2.21 bits per heavy atom. The summed E-state index contributed by atoms with van der Waals surface area (Å²) >= 11 is 0. The van der Waals surface area contributed by atoms with E-state index in [0.717, 1.165) is 29.1 Å². The summed E-state index contributed by atoms with van der Waals surface area (Å²) in [4.78, 5) is 52.5. The molecule has 1 aromatic carbocycles. The average molecular weight is 385 g/mol. The second kappa shape index (κ2) is 8.54. The predicted molar refractivity (Wildman–Crippen MR) is 103 cm³/mol. The molecule has 7 nitrogen and oxygen atoms in total. The molecule has 0 bridgehead atoms. The fraction of sp³-hybridized carbons (Fsp3) is 0.524. The summed E-state index contributed by atoms with van der Waals surface area (Å²) in [6.07, 6.45) is 2.77. The molecular weight excluding hydrogens is 358 g/mol. The van der Waals surface area contributed by atoms with E-state index in [1.165, 1.54) is 5.56 Å². The Hall–Kier alpha value is -2.70. The Morgan fingerprint density at radius 1 is 1.00 bits per heavy atom. The van der Waals surface area contributed by atoms with Crippen molar-refractivity contribution >= 4 is 23.8 Å². The van der Waals surface area contributed by atoms with Gasteiger partial charge in [-0.3, -0.25) is 19.3 Å². The van der Waals surface area contributed by atoms with Crippen LogP contribution in [0.15, 0.2) is 30.3 Å². The smallest absolute Gasteiger partial charge is 0.334 e. The van der Waals surface area contributed by atoms with E-state index >= 15 is 0 Å². The molecule has 0 saturated carbocycles. The van der Waals surface area contributed by atoms with Crippen molar-refractivity contribution in [3.8, 4) is 0 Å². The van der Waals surface area contributed by atoms with E-state index in [1.807, 2.05) is 32.0 Å². The van der Waals surface area contributed by atoms with Crippen molar-refractivity contribution in [3.05, 3.63) is 35.9 Å². The molecule has 2 fully saturated rings. The summed E-state index contributed by atoms with van der Waals surface area (Å²) in [6, 6.07) is 9.60. The molecule has 2 aliphatic heterocycles. The number of nitrogens with zero attached hydrogens (tertiary/aromatic N) is 3. The first-order valence-corrected chi connectivity index (χ1v) is 9.85. The number of carbonyl (C=O) groups is 4. The van der Waals surface area contributed by atoms with Gasteiger partial charge in [0.25, 0.3) is 0 Å². The van der Waals surface area contributed by atoms with E-state index in [2.05, 4.69) is 12.1 Å². The highest BCUT2D eigenvalue weighted by molar-refractivity contribution is 6.45. The topological polar surface area (TPSA) is 78.0 Å². The van der Waals surface area contributed by atoms with E-state index < -0.39 is 17.8 Å². The van der Waals surface area contributed by atoms with Gasteiger partial charge in [-0.25, -0.2) is 9.69 Å². The van der Waals surface area contributed by atoms with E-state index in [1.54, 1.807) is 4.90 Å². The van der Waals surface area contributed by atoms with Crippen LogP contribution in [0, 0.1) is 11.8 Å². The quantitative estimate of drug-likeness (QED) is 0.554. The van der Waals surface area contributed by atoms with Crippen molar-refractivity contribution in [2.24, 2.45) is 11.8 Å². The van der Waals surface area contributed by atoms with Gasteiger partial charge in [0.15, 0.2) is 0 Å². The third kappa shape index (κ3) is 4.40. The number of carbonyl (C=O) groups excluding carboxylic acids is 4. The first-order valence-electron chi connectivity index (χ1n) is 9.85. The van der Waals surface area contributed by atoms with Crippen LogP contribution in [0.5, 0.6) is 0 Å². The number of hydrogen-bond acceptors (Lipinski definition) is 4. The Balaban J connectivity index is 1.52. The monoisotopic (exact) mass is 385 g/mol. The highest BCUT2D eigenvalue weighted by Crippen LogP contribution is 2.22. The molecule has 1 aromatic rings. The van der Waals surface area contributed by atoms with Crippen LogP contribution in [0.1, 0.15) is 32.3 Å². The fourth-order valence-electron chi connectivity index (χ4n) is 3.79. The molecule has 28 heavy (non-hydrogen) atoms. The van der Waals surface area contributed by atoms with Gasteiger partial charge in [-0.2, -0.15) is 0 Å². The number of imide groups is 2. The third-order valence-electron chi connectivity index (χ3n) is 5.31. The zero-order valence-corrected chi connectivity index (χ0v) is 16.5. The number of amides is 5. The first kappa shape index (κ1) is 20.0. The lowest BCUT2D eigenvalue weighted by Crippen LogP contribution is -2.46. The normalized spacial score (nSPS) is 18.5. The van der Waals surface area contributed by atoms with Crippen molar-refractivity contribution in [2.45, 2.75) is 33.1 Å². The zero-order valence-electron chi connectivity index (χ0n) is 16.5. The Bertz CT molecular complexity index is 754. The van der Waals surface area contributed by atoms with Gasteiger partial charge < -0.3 is 4.90 Å². The number of likely N-dealkylation sites (tertiary alicyclic amines) is 1. The Morgan fingerprint density at radius 2 is 1.61 bits per heavy atom. The molecule has 0 aliphatic carbocycles. The SMILES string of the molecule is CC(C)CN1C(=O)C(=O)N(CC(=O)N2CCC(Cc3ccccc3)CC2)C1=O. The minimum atomic E-state index is -0.905. The first-order chi connectivity index (χ1) is 13.4. The highest BCUT2D eigenvalue weighted by Gasteiger charge is 2.45. The summed E-state index contributed by atoms with van der Waals surface area (Å²) in [5.41, 5.74) is 1.30. The maximum atomic E-state index is 12.6. The standard InChI is InChI=1S/C21H27N3O4/c1-15(2)13-23-19(26)20(27)24(21(23)28)14-18(25)22-10-8-17(9-11-22)12-16-6-4-3-5-7-16/h3-7,15,17H,8-14H2,1-2H3. The van der Waals surface area contributed by atoms with Gasteiger partial charge >= 0.3 is 17.8 Å². The summed E-state index contributed by atoms with van der Waals surface area (Å²) in [7, 11) is 0. The van der Waals surface area contributed by atoms with Crippen LogP contribution in [-0.4, -0.2) is 64.6 Å². The van der Waals surface area contributed by atoms with Crippen molar-refractivity contribution < 1.29 is 19.2 Å². The van der Waals surface area contributed by atoms with Gasteiger partial charge in [-0.1, -0.05) is 44.2 Å². The Kier molecular flexibility index (Phi) is 6.11. The van der Waals surface area contributed by atoms with Crippen LogP contribution in [-0.2, 0) is 20.8 Å². The highest BCUT2D eigenvalue weighted by atomic mass is 16.2. The zero-order chi connectivity index (χ0) is 20.3. The molecule has 2 heterocycles. The number of benzene rings is 1. The molecule has 5 amide bonds. The number of hydrogen-bond donors (Lipinski definition) is 0. The molecule has 0 unspecified atom stereocenters. The van der Waals surface area contributed by atoms with Crippen LogP contribution in [0.4, 0.5) is 4.79 Å². The van der Waals surface area contributed by atoms with Crippen molar-refractivity contribution in [3.63, 3.8) is 0 Å². The molecule has 0 spiro atoms. The van der Waals surface area contributed by atoms with Crippen molar-refractivity contribution in [2.75, 3.05) is 26.2 Å². The molecule has 0 atom stereocenters. The largest absolute Gasteiger partial charge is 0.341 e. The molecule has 7 heteroatoms. The fourth-order valence-corrected chi connectivity index (χ4v) is 3.79. The predicted octanol–water partition coefficient (Wildman–Crippen LogP) is 1.91. The molecule has 0 aromatic heterocycles. The molecule has 2 aliphatic rings. The lowest BCUT2D eigenvalue weighted by atomic mass is 9.90. The van der Waals surface area contributed by atoms with Gasteiger partial charge in [0.2, 0.25) is 5.91 Å². The lowest BCUT2D eigenvalue weighted by molar-refractivity contribution is -0.145. The molecule has 150 valence electrons. The van der Waals surface area contributed by atoms with Crippen molar-refractivity contribution in [1.29, 1.82) is 0 Å². The molecule has 3 rings (SSSR count). The van der Waals surface area contributed by atoms with E-state index in [4.69, 9.17) is 0 Å². The third-order valence-corrected chi connectivity index (χ3v) is 5.31. The summed E-state index contributed by atoms with van der Waals surface area (Å²) in [5.74, 6) is -1.45. The molecular formula is C21H27N3O4. The maximum Gasteiger partial charge on any atom is 0.334 e. The minimum absolute atomic E-state index is 0.0556. The number of piperidine rings is 1. The summed E-state index contributed by atoms with van der Waals surface area (Å²) < 4.78 is 0. The second-order valence-corrected chi connectivity index (χ2v) is 8.00. The van der Waals surface area contributed by atoms with Gasteiger partial charge in [0, 0.05) is 19.6 Å². The molecule has 0 N–H and O–H groups in total. The van der Waals surface area contributed by atoms with Gasteiger partial charge in [-0.05, 0) is 36.7 Å². The Labute approximate surface area is 165 Å². The van der Waals surface area contributed by atoms with Crippen LogP contribution >= 0.6 is 0 Å². The van der Waals surface area contributed by atoms with Crippen LogP contribution in [0.2, 0.25) is 0 Å². The number of urea groups is 1. The van der Waals surface area contributed by atoms with Gasteiger partial charge in [-0.15, -0.1) is 0 Å². The van der Waals surface area contributed by atoms with Crippen LogP contribution in [0.25, 0.3) is 0 Å².